The second-order valence-corrected chi connectivity index (χ2v) is 6.39. The van der Waals surface area contributed by atoms with Gasteiger partial charge in [0.1, 0.15) is 0 Å². The van der Waals surface area contributed by atoms with E-state index < -0.39 is 0 Å². The molecule has 0 fully saturated rings. The lowest BCUT2D eigenvalue weighted by molar-refractivity contribution is 0.354. The smallest absolute Gasteiger partial charge is 0.191 e. The fourth-order valence-corrected chi connectivity index (χ4v) is 3.07. The summed E-state index contributed by atoms with van der Waals surface area (Å²) in [6.45, 7) is 1.41. The highest BCUT2D eigenvalue weighted by atomic mass is 127. The Balaban J connectivity index is 0.00000320. The largest absolute Gasteiger partial charge is 0.493 e. The highest BCUT2D eigenvalue weighted by molar-refractivity contribution is 14.0. The van der Waals surface area contributed by atoms with Crippen LogP contribution in [0.25, 0.3) is 5.69 Å². The Morgan fingerprint density at radius 3 is 2.57 bits per heavy atom. The molecular formula is C22H28IN5O2. The molecule has 1 aromatic heterocycles. The molecule has 7 nitrogen and oxygen atoms in total. The third-order valence-corrected chi connectivity index (χ3v) is 4.60. The van der Waals surface area contributed by atoms with Crippen LogP contribution in [0.4, 0.5) is 0 Å². The van der Waals surface area contributed by atoms with Gasteiger partial charge in [0, 0.05) is 32.5 Å². The quantitative estimate of drug-likeness (QED) is 0.270. The van der Waals surface area contributed by atoms with E-state index in [1.807, 2.05) is 41.1 Å². The van der Waals surface area contributed by atoms with Gasteiger partial charge in [0.2, 0.25) is 0 Å². The number of guanidine groups is 1. The summed E-state index contributed by atoms with van der Waals surface area (Å²) in [4.78, 5) is 8.45. The van der Waals surface area contributed by atoms with Gasteiger partial charge in [-0.15, -0.1) is 24.0 Å². The van der Waals surface area contributed by atoms with Gasteiger partial charge in [-0.2, -0.15) is 0 Å². The van der Waals surface area contributed by atoms with Gasteiger partial charge < -0.3 is 24.7 Å². The molecule has 0 radical (unpaired) electrons. The van der Waals surface area contributed by atoms with E-state index in [1.54, 1.807) is 33.8 Å². The van der Waals surface area contributed by atoms with Crippen molar-refractivity contribution in [3.8, 4) is 17.2 Å². The number of aromatic nitrogens is 2. The van der Waals surface area contributed by atoms with Crippen LogP contribution in [-0.2, 0) is 13.0 Å². The molecule has 0 aliphatic rings. The third kappa shape index (κ3) is 6.12. The van der Waals surface area contributed by atoms with E-state index in [2.05, 4.69) is 32.7 Å². The molecule has 0 unspecified atom stereocenters. The van der Waals surface area contributed by atoms with Crippen molar-refractivity contribution in [2.45, 2.75) is 13.0 Å². The third-order valence-electron chi connectivity index (χ3n) is 4.60. The number of benzene rings is 2. The average Bonchev–Trinajstić information content (AvgIpc) is 3.31. The predicted molar refractivity (Wildman–Crippen MR) is 130 cm³/mol. The number of hydrogen-bond acceptors (Lipinski definition) is 4. The minimum Gasteiger partial charge on any atom is -0.493 e. The van der Waals surface area contributed by atoms with Gasteiger partial charge in [0.15, 0.2) is 17.5 Å². The minimum absolute atomic E-state index is 0. The molecule has 0 aliphatic heterocycles. The maximum absolute atomic E-state index is 5.37. The first-order chi connectivity index (χ1) is 14.2. The van der Waals surface area contributed by atoms with Crippen LogP contribution in [0.5, 0.6) is 11.5 Å². The van der Waals surface area contributed by atoms with Crippen LogP contribution >= 0.6 is 24.0 Å². The summed E-state index contributed by atoms with van der Waals surface area (Å²) < 4.78 is 12.7. The van der Waals surface area contributed by atoms with Gasteiger partial charge in [0.25, 0.3) is 0 Å². The molecule has 0 spiro atoms. The number of nitrogens with zero attached hydrogens (tertiary/aromatic N) is 3. The maximum Gasteiger partial charge on any atom is 0.191 e. The van der Waals surface area contributed by atoms with E-state index in [1.165, 1.54) is 0 Å². The van der Waals surface area contributed by atoms with Crippen LogP contribution in [0.1, 0.15) is 11.1 Å². The SMILES string of the molecule is CN=C(NCCc1ccc(OC)c(OC)c1)NCc1ccccc1-n1ccnc1.I. The van der Waals surface area contributed by atoms with Gasteiger partial charge in [0.05, 0.1) is 26.2 Å². The molecule has 0 bridgehead atoms. The number of hydrogen-bond donors (Lipinski definition) is 2. The van der Waals surface area contributed by atoms with Crippen molar-refractivity contribution in [1.29, 1.82) is 0 Å². The lowest BCUT2D eigenvalue weighted by Gasteiger charge is -2.15. The molecule has 2 aromatic carbocycles. The lowest BCUT2D eigenvalue weighted by Crippen LogP contribution is -2.38. The lowest BCUT2D eigenvalue weighted by atomic mass is 10.1. The normalized spacial score (nSPS) is 10.8. The van der Waals surface area contributed by atoms with E-state index in [-0.39, 0.29) is 24.0 Å². The molecule has 30 heavy (non-hydrogen) atoms. The highest BCUT2D eigenvalue weighted by Gasteiger charge is 2.07. The van der Waals surface area contributed by atoms with E-state index in [0.29, 0.717) is 6.54 Å². The molecule has 0 saturated heterocycles. The first kappa shape index (κ1) is 23.5. The van der Waals surface area contributed by atoms with Crippen LogP contribution in [0.2, 0.25) is 0 Å². The number of rotatable bonds is 8. The van der Waals surface area contributed by atoms with Crippen molar-refractivity contribution in [3.05, 3.63) is 72.3 Å². The number of aliphatic imine (C=N–C) groups is 1. The fourth-order valence-electron chi connectivity index (χ4n) is 3.07. The second kappa shape index (κ2) is 12.1. The Kier molecular flexibility index (Phi) is 9.46. The standard InChI is InChI=1S/C22H27N5O2.HI/c1-23-22(25-11-10-17-8-9-20(28-2)21(14-17)29-3)26-15-18-6-4-5-7-19(18)27-13-12-24-16-27;/h4-9,12-14,16H,10-11,15H2,1-3H3,(H2,23,25,26);1H. The van der Waals surface area contributed by atoms with Gasteiger partial charge >= 0.3 is 0 Å². The van der Waals surface area contributed by atoms with Gasteiger partial charge in [-0.25, -0.2) is 4.98 Å². The molecule has 8 heteroatoms. The Bertz CT molecular complexity index is 944. The minimum atomic E-state index is 0. The molecule has 3 rings (SSSR count). The van der Waals surface area contributed by atoms with Crippen molar-refractivity contribution >= 4 is 29.9 Å². The fraction of sp³-hybridized carbons (Fsp3) is 0.273. The Morgan fingerprint density at radius 2 is 1.87 bits per heavy atom. The van der Waals surface area contributed by atoms with Crippen LogP contribution in [-0.4, -0.2) is 43.3 Å². The molecule has 1 heterocycles. The first-order valence-corrected chi connectivity index (χ1v) is 9.46. The van der Waals surface area contributed by atoms with Gasteiger partial charge in [-0.1, -0.05) is 24.3 Å². The number of nitrogens with one attached hydrogen (secondary N) is 2. The molecule has 0 saturated carbocycles. The summed E-state index contributed by atoms with van der Waals surface area (Å²) in [5.41, 5.74) is 3.42. The summed E-state index contributed by atoms with van der Waals surface area (Å²) >= 11 is 0. The van der Waals surface area contributed by atoms with Crippen LogP contribution in [0.3, 0.4) is 0 Å². The van der Waals surface area contributed by atoms with E-state index in [9.17, 15) is 0 Å². The van der Waals surface area contributed by atoms with E-state index in [4.69, 9.17) is 9.47 Å². The zero-order valence-corrected chi connectivity index (χ0v) is 19.8. The molecule has 2 N–H and O–H groups in total. The van der Waals surface area contributed by atoms with Crippen molar-refractivity contribution in [3.63, 3.8) is 0 Å². The van der Waals surface area contributed by atoms with Crippen molar-refractivity contribution in [2.24, 2.45) is 4.99 Å². The average molecular weight is 521 g/mol. The summed E-state index contributed by atoms with van der Waals surface area (Å²) in [6, 6.07) is 14.2. The number of halogens is 1. The van der Waals surface area contributed by atoms with Crippen molar-refractivity contribution < 1.29 is 9.47 Å². The topological polar surface area (TPSA) is 72.7 Å². The number of ether oxygens (including phenoxy) is 2. The highest BCUT2D eigenvalue weighted by Crippen LogP contribution is 2.27. The van der Waals surface area contributed by atoms with Crippen LogP contribution in [0, 0.1) is 0 Å². The second-order valence-electron chi connectivity index (χ2n) is 6.39. The summed E-state index contributed by atoms with van der Waals surface area (Å²) in [7, 11) is 5.06. The molecular weight excluding hydrogens is 493 g/mol. The van der Waals surface area contributed by atoms with Crippen LogP contribution < -0.4 is 20.1 Å². The maximum atomic E-state index is 5.37. The molecule has 3 aromatic rings. The van der Waals surface area contributed by atoms with E-state index >= 15 is 0 Å². The first-order valence-electron chi connectivity index (χ1n) is 9.46. The van der Waals surface area contributed by atoms with Crippen LogP contribution in [0.15, 0.2) is 66.2 Å². The Morgan fingerprint density at radius 1 is 1.07 bits per heavy atom. The zero-order valence-electron chi connectivity index (χ0n) is 17.5. The molecule has 0 amide bonds. The summed E-state index contributed by atoms with van der Waals surface area (Å²) in [5, 5.41) is 6.73. The van der Waals surface area contributed by atoms with E-state index in [0.717, 1.165) is 47.2 Å². The monoisotopic (exact) mass is 521 g/mol. The van der Waals surface area contributed by atoms with Gasteiger partial charge in [-0.05, 0) is 35.7 Å². The Labute approximate surface area is 194 Å². The summed E-state index contributed by atoms with van der Waals surface area (Å²) in [6.07, 6.45) is 6.36. The van der Waals surface area contributed by atoms with Crippen molar-refractivity contribution in [2.75, 3.05) is 27.8 Å². The Hall–Kier alpha value is -2.75. The number of methoxy groups -OCH3 is 2. The summed E-state index contributed by atoms with van der Waals surface area (Å²) in [5.74, 6) is 2.23. The number of imidazole rings is 1. The zero-order chi connectivity index (χ0) is 20.5. The number of para-hydroxylation sites is 1. The van der Waals surface area contributed by atoms with Gasteiger partial charge in [-0.3, -0.25) is 4.99 Å². The molecule has 0 aliphatic carbocycles. The van der Waals surface area contributed by atoms with Crippen molar-refractivity contribution in [1.82, 2.24) is 20.2 Å². The molecule has 0 atom stereocenters. The predicted octanol–water partition coefficient (Wildman–Crippen LogP) is 3.42. The molecule has 160 valence electrons.